The monoisotopic (exact) mass is 396 g/mol. The minimum atomic E-state index is -3.67. The predicted octanol–water partition coefficient (Wildman–Crippen LogP) is 2.48. The number of nitrogens with zero attached hydrogens (tertiary/aromatic N) is 1. The van der Waals surface area contributed by atoms with Gasteiger partial charge in [-0.2, -0.15) is 4.31 Å². The van der Waals surface area contributed by atoms with Gasteiger partial charge in [-0.3, -0.25) is 4.79 Å². The number of nitrogens with one attached hydrogen (secondary N) is 1. The lowest BCUT2D eigenvalue weighted by Crippen LogP contribution is -2.45. The molecular formula is C19H28N2O5S. The van der Waals surface area contributed by atoms with Gasteiger partial charge in [0.05, 0.1) is 4.90 Å². The van der Waals surface area contributed by atoms with E-state index < -0.39 is 27.9 Å². The molecule has 2 atom stereocenters. The molecule has 1 amide bonds. The first-order chi connectivity index (χ1) is 12.8. The molecule has 0 aliphatic carbocycles. The number of aliphatic carboxylic acids is 1. The van der Waals surface area contributed by atoms with Crippen LogP contribution in [0.2, 0.25) is 0 Å². The number of sulfonamides is 1. The van der Waals surface area contributed by atoms with Crippen LogP contribution in [0.4, 0.5) is 0 Å². The first-order valence-corrected chi connectivity index (χ1v) is 10.8. The summed E-state index contributed by atoms with van der Waals surface area (Å²) in [7, 11) is -3.67. The van der Waals surface area contributed by atoms with Crippen LogP contribution in [-0.4, -0.2) is 48.8 Å². The van der Waals surface area contributed by atoms with E-state index in [1.54, 1.807) is 6.92 Å². The molecule has 27 heavy (non-hydrogen) atoms. The normalized spacial score (nSPS) is 18.3. The highest BCUT2D eigenvalue weighted by Crippen LogP contribution is 2.21. The summed E-state index contributed by atoms with van der Waals surface area (Å²) in [5.41, 5.74) is 0.139. The molecule has 0 saturated carbocycles. The summed E-state index contributed by atoms with van der Waals surface area (Å²) in [6, 6.07) is 4.78. The van der Waals surface area contributed by atoms with Gasteiger partial charge in [-0.1, -0.05) is 39.2 Å². The third kappa shape index (κ3) is 5.29. The van der Waals surface area contributed by atoms with Gasteiger partial charge < -0.3 is 10.4 Å². The fraction of sp³-hybridized carbons (Fsp3) is 0.579. The van der Waals surface area contributed by atoms with Crippen LogP contribution in [0.3, 0.4) is 0 Å². The molecule has 0 aromatic heterocycles. The van der Waals surface area contributed by atoms with Gasteiger partial charge in [0.1, 0.15) is 6.04 Å². The lowest BCUT2D eigenvalue weighted by Gasteiger charge is -2.21. The first-order valence-electron chi connectivity index (χ1n) is 9.41. The average Bonchev–Trinajstić information content (AvgIpc) is 2.95. The van der Waals surface area contributed by atoms with Crippen molar-refractivity contribution in [3.63, 3.8) is 0 Å². The van der Waals surface area contributed by atoms with Gasteiger partial charge in [-0.05, 0) is 37.0 Å². The molecule has 8 heteroatoms. The molecule has 150 valence electrons. The van der Waals surface area contributed by atoms with Crippen LogP contribution in [0.25, 0.3) is 0 Å². The molecular weight excluding hydrogens is 368 g/mol. The molecule has 1 heterocycles. The van der Waals surface area contributed by atoms with E-state index in [0.29, 0.717) is 19.5 Å². The van der Waals surface area contributed by atoms with Crippen molar-refractivity contribution in [1.82, 2.24) is 9.62 Å². The van der Waals surface area contributed by atoms with E-state index in [-0.39, 0.29) is 16.4 Å². The van der Waals surface area contributed by atoms with E-state index in [0.717, 1.165) is 25.7 Å². The summed E-state index contributed by atoms with van der Waals surface area (Å²) in [5, 5.41) is 11.8. The Morgan fingerprint density at radius 3 is 2.37 bits per heavy atom. The Kier molecular flexibility index (Phi) is 7.38. The smallest absolute Gasteiger partial charge is 0.326 e. The average molecular weight is 397 g/mol. The quantitative estimate of drug-likeness (QED) is 0.737. The molecule has 7 nitrogen and oxygen atoms in total. The summed E-state index contributed by atoms with van der Waals surface area (Å²) in [5.74, 6) is -1.93. The van der Waals surface area contributed by atoms with Gasteiger partial charge >= 0.3 is 5.97 Å². The van der Waals surface area contributed by atoms with E-state index in [1.807, 2.05) is 6.92 Å². The molecule has 1 saturated heterocycles. The largest absolute Gasteiger partial charge is 0.480 e. The van der Waals surface area contributed by atoms with Crippen molar-refractivity contribution in [1.29, 1.82) is 0 Å². The number of carboxylic acids is 1. The summed E-state index contributed by atoms with van der Waals surface area (Å²) in [6.45, 7) is 4.56. The zero-order chi connectivity index (χ0) is 20.0. The molecule has 1 aliphatic rings. The second-order valence-electron chi connectivity index (χ2n) is 7.02. The number of amides is 1. The van der Waals surface area contributed by atoms with E-state index in [1.165, 1.54) is 28.6 Å². The van der Waals surface area contributed by atoms with Crippen LogP contribution in [0.1, 0.15) is 56.3 Å². The first kappa shape index (κ1) is 21.4. The Hall–Kier alpha value is -1.93. The molecule has 1 fully saturated rings. The third-order valence-electron chi connectivity index (χ3n) is 5.06. The molecule has 2 N–H and O–H groups in total. The van der Waals surface area contributed by atoms with Crippen LogP contribution in [0, 0.1) is 5.92 Å². The van der Waals surface area contributed by atoms with E-state index in [4.69, 9.17) is 0 Å². The number of hydrogen-bond donors (Lipinski definition) is 2. The van der Waals surface area contributed by atoms with Crippen molar-refractivity contribution in [2.75, 3.05) is 13.1 Å². The molecule has 2 rings (SSSR count). The Morgan fingerprint density at radius 2 is 1.81 bits per heavy atom. The van der Waals surface area contributed by atoms with Crippen molar-refractivity contribution in [2.45, 2.75) is 56.9 Å². The lowest BCUT2D eigenvalue weighted by molar-refractivity contribution is -0.140. The predicted molar refractivity (Wildman–Crippen MR) is 102 cm³/mol. The zero-order valence-corrected chi connectivity index (χ0v) is 16.7. The van der Waals surface area contributed by atoms with Crippen molar-refractivity contribution >= 4 is 21.9 Å². The summed E-state index contributed by atoms with van der Waals surface area (Å²) < 4.78 is 27.3. The second kappa shape index (κ2) is 9.32. The minimum Gasteiger partial charge on any atom is -0.480 e. The van der Waals surface area contributed by atoms with Gasteiger partial charge in [0.2, 0.25) is 10.0 Å². The van der Waals surface area contributed by atoms with Gasteiger partial charge in [0.15, 0.2) is 0 Å². The Labute approximate surface area is 160 Å². The zero-order valence-electron chi connectivity index (χ0n) is 15.8. The fourth-order valence-corrected chi connectivity index (χ4v) is 4.70. The number of hydrogen-bond acceptors (Lipinski definition) is 4. The minimum absolute atomic E-state index is 0.0625. The molecule has 1 aromatic carbocycles. The molecule has 0 radical (unpaired) electrons. The van der Waals surface area contributed by atoms with Gasteiger partial charge in [-0.25, -0.2) is 13.2 Å². The highest BCUT2D eigenvalue weighted by molar-refractivity contribution is 7.89. The third-order valence-corrected chi connectivity index (χ3v) is 6.96. The standard InChI is InChI=1S/C19H28N2O5S/c1-3-14(2)17(19(23)24)20-18(22)15-9-8-10-16(13-15)27(25,26)21-11-6-4-5-7-12-21/h8-10,13-14,17H,3-7,11-12H2,1-2H3,(H,20,22)(H,23,24). The summed E-state index contributed by atoms with van der Waals surface area (Å²) >= 11 is 0. The highest BCUT2D eigenvalue weighted by atomic mass is 32.2. The topological polar surface area (TPSA) is 104 Å². The lowest BCUT2D eigenvalue weighted by atomic mass is 9.99. The number of carbonyl (C=O) groups excluding carboxylic acids is 1. The maximum absolute atomic E-state index is 12.9. The van der Waals surface area contributed by atoms with Gasteiger partial charge in [0.25, 0.3) is 5.91 Å². The molecule has 0 bridgehead atoms. The van der Waals surface area contributed by atoms with E-state index >= 15 is 0 Å². The SMILES string of the molecule is CCC(C)C(NC(=O)c1cccc(S(=O)(=O)N2CCCCCC2)c1)C(=O)O. The molecule has 2 unspecified atom stereocenters. The number of rotatable bonds is 7. The van der Waals surface area contributed by atoms with Crippen LogP contribution in [0.15, 0.2) is 29.2 Å². The Balaban J connectivity index is 2.23. The Morgan fingerprint density at radius 1 is 1.19 bits per heavy atom. The van der Waals surface area contributed by atoms with Crippen molar-refractivity contribution < 1.29 is 23.1 Å². The molecule has 1 aromatic rings. The fourth-order valence-electron chi connectivity index (χ4n) is 3.14. The van der Waals surface area contributed by atoms with E-state index in [2.05, 4.69) is 5.32 Å². The Bertz CT molecular complexity index is 770. The highest BCUT2D eigenvalue weighted by Gasteiger charge is 2.28. The number of carbonyl (C=O) groups is 2. The maximum Gasteiger partial charge on any atom is 0.326 e. The van der Waals surface area contributed by atoms with Crippen molar-refractivity contribution in [3.8, 4) is 0 Å². The second-order valence-corrected chi connectivity index (χ2v) is 8.96. The van der Waals surface area contributed by atoms with Crippen molar-refractivity contribution in [2.24, 2.45) is 5.92 Å². The van der Waals surface area contributed by atoms with Crippen molar-refractivity contribution in [3.05, 3.63) is 29.8 Å². The van der Waals surface area contributed by atoms with Crippen LogP contribution >= 0.6 is 0 Å². The van der Waals surface area contributed by atoms with Crippen LogP contribution < -0.4 is 5.32 Å². The molecule has 1 aliphatic heterocycles. The van der Waals surface area contributed by atoms with Crippen LogP contribution in [0.5, 0.6) is 0 Å². The summed E-state index contributed by atoms with van der Waals surface area (Å²) in [6.07, 6.45) is 4.28. The maximum atomic E-state index is 12.9. The van der Waals surface area contributed by atoms with E-state index in [9.17, 15) is 23.1 Å². The number of benzene rings is 1. The van der Waals surface area contributed by atoms with Gasteiger partial charge in [0, 0.05) is 18.7 Å². The van der Waals surface area contributed by atoms with Gasteiger partial charge in [-0.15, -0.1) is 0 Å². The number of carboxylic acid groups (broad SMARTS) is 1. The van der Waals surface area contributed by atoms with Crippen LogP contribution in [-0.2, 0) is 14.8 Å². The molecule has 0 spiro atoms. The summed E-state index contributed by atoms with van der Waals surface area (Å²) in [4.78, 5) is 24.0.